The minimum Gasteiger partial charge on any atom is -0.494 e. The lowest BCUT2D eigenvalue weighted by Gasteiger charge is -2.05. The molecule has 0 spiro atoms. The van der Waals surface area contributed by atoms with E-state index < -0.39 is 9.84 Å². The highest BCUT2D eigenvalue weighted by molar-refractivity contribution is 7.91. The Bertz CT molecular complexity index is 394. The molecule has 1 aromatic carbocycles. The maximum absolute atomic E-state index is 11.5. The summed E-state index contributed by atoms with van der Waals surface area (Å²) in [5.41, 5.74) is 0. The van der Waals surface area contributed by atoms with Crippen molar-refractivity contribution in [2.75, 3.05) is 19.0 Å². The lowest BCUT2D eigenvalue weighted by atomic mass is 10.3. The molecule has 0 saturated carbocycles. The third kappa shape index (κ3) is 3.21. The molecular weight excluding hydrogens is 216 g/mol. The van der Waals surface area contributed by atoms with E-state index in [2.05, 4.69) is 0 Å². The Morgan fingerprint density at radius 1 is 1.27 bits per heavy atom. The highest BCUT2D eigenvalue weighted by Crippen LogP contribution is 2.16. The average Bonchev–Trinajstić information content (AvgIpc) is 2.19. The summed E-state index contributed by atoms with van der Waals surface area (Å²) in [5.74, 6) is 0.390. The third-order valence-corrected chi connectivity index (χ3v) is 3.56. The summed E-state index contributed by atoms with van der Waals surface area (Å²) in [4.78, 5) is 0.208. The zero-order valence-electron chi connectivity index (χ0n) is 8.51. The molecule has 1 rings (SSSR count). The summed E-state index contributed by atoms with van der Waals surface area (Å²) >= 11 is 0. The lowest BCUT2D eigenvalue weighted by molar-refractivity contribution is 0.319. The molecule has 0 aliphatic carbocycles. The minimum atomic E-state index is -3.35. The topological polar surface area (TPSA) is 63.6 Å². The van der Waals surface area contributed by atoms with Gasteiger partial charge in [0.25, 0.3) is 0 Å². The van der Waals surface area contributed by atoms with E-state index in [9.17, 15) is 8.42 Å². The molecule has 0 heterocycles. The summed E-state index contributed by atoms with van der Waals surface area (Å²) in [6.07, 6.45) is 0. The first-order chi connectivity index (χ1) is 7.10. The second kappa shape index (κ2) is 5.14. The number of ether oxygens (including phenoxy) is 1. The van der Waals surface area contributed by atoms with Gasteiger partial charge >= 0.3 is 0 Å². The first-order valence-electron chi connectivity index (χ1n) is 4.66. The Morgan fingerprint density at radius 2 is 1.87 bits per heavy atom. The van der Waals surface area contributed by atoms with E-state index >= 15 is 0 Å². The Labute approximate surface area is 89.4 Å². The van der Waals surface area contributed by atoms with Crippen LogP contribution in [0.2, 0.25) is 0 Å². The fourth-order valence-corrected chi connectivity index (χ4v) is 2.17. The molecule has 15 heavy (non-hydrogen) atoms. The van der Waals surface area contributed by atoms with E-state index in [-0.39, 0.29) is 17.3 Å². The average molecular weight is 230 g/mol. The van der Waals surface area contributed by atoms with Gasteiger partial charge in [-0.3, -0.25) is 0 Å². The van der Waals surface area contributed by atoms with Crippen LogP contribution in [0, 0.1) is 0 Å². The monoisotopic (exact) mass is 230 g/mol. The predicted molar refractivity (Wildman–Crippen MR) is 56.7 cm³/mol. The predicted octanol–water partition coefficient (Wildman–Crippen LogP) is 0.851. The standard InChI is InChI=1S/C10H14O4S/c1-2-14-9-3-5-10(6-4-9)15(12,13)8-7-11/h3-6,11H,2,7-8H2,1H3. The van der Waals surface area contributed by atoms with Gasteiger partial charge in [-0.2, -0.15) is 0 Å². The zero-order valence-corrected chi connectivity index (χ0v) is 9.33. The van der Waals surface area contributed by atoms with Crippen LogP contribution < -0.4 is 4.74 Å². The number of sulfone groups is 1. The second-order valence-electron chi connectivity index (χ2n) is 2.95. The summed E-state index contributed by atoms with van der Waals surface area (Å²) in [7, 11) is -3.35. The van der Waals surface area contributed by atoms with Crippen molar-refractivity contribution in [1.82, 2.24) is 0 Å². The molecular formula is C10H14O4S. The quantitative estimate of drug-likeness (QED) is 0.814. The van der Waals surface area contributed by atoms with Crippen molar-refractivity contribution < 1.29 is 18.3 Å². The summed E-state index contributed by atoms with van der Waals surface area (Å²) in [6, 6.07) is 6.17. The molecule has 0 atom stereocenters. The van der Waals surface area contributed by atoms with Gasteiger partial charge in [0.1, 0.15) is 5.75 Å². The molecule has 1 N–H and O–H groups in total. The molecule has 0 bridgehead atoms. The molecule has 0 fully saturated rings. The molecule has 0 saturated heterocycles. The van der Waals surface area contributed by atoms with Crippen LogP contribution in [-0.4, -0.2) is 32.5 Å². The van der Waals surface area contributed by atoms with Crippen molar-refractivity contribution in [3.05, 3.63) is 24.3 Å². The van der Waals surface area contributed by atoms with Crippen LogP contribution in [0.15, 0.2) is 29.2 Å². The van der Waals surface area contributed by atoms with Gasteiger partial charge in [0.05, 0.1) is 23.9 Å². The van der Waals surface area contributed by atoms with Crippen molar-refractivity contribution in [2.24, 2.45) is 0 Å². The molecule has 0 radical (unpaired) electrons. The molecule has 84 valence electrons. The number of rotatable bonds is 5. The van der Waals surface area contributed by atoms with Crippen LogP contribution in [0.3, 0.4) is 0 Å². The maximum atomic E-state index is 11.5. The third-order valence-electron chi connectivity index (χ3n) is 1.85. The van der Waals surface area contributed by atoms with Gasteiger partial charge in [-0.15, -0.1) is 0 Å². The van der Waals surface area contributed by atoms with Gasteiger partial charge in [0.15, 0.2) is 9.84 Å². The number of aliphatic hydroxyl groups is 1. The Hall–Kier alpha value is -1.07. The highest BCUT2D eigenvalue weighted by Gasteiger charge is 2.12. The molecule has 0 unspecified atom stereocenters. The van der Waals surface area contributed by atoms with E-state index in [1.807, 2.05) is 6.92 Å². The van der Waals surface area contributed by atoms with Gasteiger partial charge in [0.2, 0.25) is 0 Å². The number of aliphatic hydroxyl groups excluding tert-OH is 1. The first kappa shape index (κ1) is 12.0. The molecule has 0 amide bonds. The SMILES string of the molecule is CCOc1ccc(S(=O)(=O)CCO)cc1. The lowest BCUT2D eigenvalue weighted by Crippen LogP contribution is -2.09. The fraction of sp³-hybridized carbons (Fsp3) is 0.400. The van der Waals surface area contributed by atoms with Crippen LogP contribution in [-0.2, 0) is 9.84 Å². The van der Waals surface area contributed by atoms with Gasteiger partial charge in [-0.05, 0) is 31.2 Å². The van der Waals surface area contributed by atoms with Crippen molar-refractivity contribution in [3.8, 4) is 5.75 Å². The van der Waals surface area contributed by atoms with Crippen LogP contribution >= 0.6 is 0 Å². The molecule has 5 heteroatoms. The first-order valence-corrected chi connectivity index (χ1v) is 6.32. The van der Waals surface area contributed by atoms with Gasteiger partial charge in [0, 0.05) is 0 Å². The van der Waals surface area contributed by atoms with Crippen LogP contribution in [0.4, 0.5) is 0 Å². The van der Waals surface area contributed by atoms with E-state index in [0.29, 0.717) is 12.4 Å². The summed E-state index contributed by atoms with van der Waals surface area (Å²) < 4.78 is 28.2. The van der Waals surface area contributed by atoms with Crippen molar-refractivity contribution in [3.63, 3.8) is 0 Å². The minimum absolute atomic E-state index is 0.208. The van der Waals surface area contributed by atoms with Crippen LogP contribution in [0.25, 0.3) is 0 Å². The van der Waals surface area contributed by atoms with Crippen LogP contribution in [0.5, 0.6) is 5.75 Å². The molecule has 0 aliphatic heterocycles. The van der Waals surface area contributed by atoms with Crippen molar-refractivity contribution in [1.29, 1.82) is 0 Å². The second-order valence-corrected chi connectivity index (χ2v) is 5.06. The number of hydrogen-bond acceptors (Lipinski definition) is 4. The molecule has 0 aliphatic rings. The number of benzene rings is 1. The largest absolute Gasteiger partial charge is 0.494 e. The molecule has 4 nitrogen and oxygen atoms in total. The van der Waals surface area contributed by atoms with E-state index in [1.54, 1.807) is 12.1 Å². The maximum Gasteiger partial charge on any atom is 0.180 e. The molecule has 1 aromatic rings. The van der Waals surface area contributed by atoms with Gasteiger partial charge < -0.3 is 9.84 Å². The van der Waals surface area contributed by atoms with Gasteiger partial charge in [-0.25, -0.2) is 8.42 Å². The van der Waals surface area contributed by atoms with Crippen LogP contribution in [0.1, 0.15) is 6.92 Å². The van der Waals surface area contributed by atoms with E-state index in [1.165, 1.54) is 12.1 Å². The van der Waals surface area contributed by atoms with Gasteiger partial charge in [-0.1, -0.05) is 0 Å². The van der Waals surface area contributed by atoms with Crippen molar-refractivity contribution >= 4 is 9.84 Å². The highest BCUT2D eigenvalue weighted by atomic mass is 32.2. The zero-order chi connectivity index (χ0) is 11.3. The number of hydrogen-bond donors (Lipinski definition) is 1. The van der Waals surface area contributed by atoms with E-state index in [0.717, 1.165) is 0 Å². The fourth-order valence-electron chi connectivity index (χ4n) is 1.15. The molecule has 0 aromatic heterocycles. The Balaban J connectivity index is 2.89. The van der Waals surface area contributed by atoms with Crippen molar-refractivity contribution in [2.45, 2.75) is 11.8 Å². The summed E-state index contributed by atoms with van der Waals surface area (Å²) in [6.45, 7) is 2.04. The Kier molecular flexibility index (Phi) is 4.11. The smallest absolute Gasteiger partial charge is 0.180 e. The Morgan fingerprint density at radius 3 is 2.33 bits per heavy atom. The summed E-state index contributed by atoms with van der Waals surface area (Å²) in [5, 5.41) is 8.60. The normalized spacial score (nSPS) is 11.3. The van der Waals surface area contributed by atoms with E-state index in [4.69, 9.17) is 9.84 Å².